The van der Waals surface area contributed by atoms with E-state index < -0.39 is 11.8 Å². The molecule has 0 bridgehead atoms. The molecule has 0 atom stereocenters. The zero-order valence-corrected chi connectivity index (χ0v) is 12.3. The van der Waals surface area contributed by atoms with E-state index in [1.165, 1.54) is 26.5 Å². The van der Waals surface area contributed by atoms with E-state index in [2.05, 4.69) is 20.6 Å². The third-order valence-electron chi connectivity index (χ3n) is 2.79. The molecule has 2 N–H and O–H groups in total. The lowest BCUT2D eigenvalue weighted by Gasteiger charge is -2.11. The number of amides is 2. The highest BCUT2D eigenvalue weighted by Gasteiger charge is 2.12. The number of hydrogen-bond donors (Lipinski definition) is 2. The van der Waals surface area contributed by atoms with Gasteiger partial charge < -0.3 is 20.1 Å². The Hall–Kier alpha value is -2.90. The Morgan fingerprint density at radius 3 is 2.64 bits per heavy atom. The van der Waals surface area contributed by atoms with Crippen molar-refractivity contribution >= 4 is 17.4 Å². The Morgan fingerprint density at radius 1 is 1.23 bits per heavy atom. The summed E-state index contributed by atoms with van der Waals surface area (Å²) in [5, 5.41) is 5.02. The van der Waals surface area contributed by atoms with E-state index in [9.17, 15) is 9.18 Å². The summed E-state index contributed by atoms with van der Waals surface area (Å²) in [6.45, 7) is 1.64. The molecule has 0 radical (unpaired) electrons. The topological polar surface area (TPSA) is 85.4 Å². The largest absolute Gasteiger partial charge is 0.479 e. The highest BCUT2D eigenvalue weighted by Crippen LogP contribution is 2.22. The fourth-order valence-corrected chi connectivity index (χ4v) is 1.65. The molecule has 1 aromatic carbocycles. The number of aromatic nitrogens is 2. The van der Waals surface area contributed by atoms with Gasteiger partial charge in [-0.05, 0) is 24.6 Å². The van der Waals surface area contributed by atoms with Gasteiger partial charge in [-0.2, -0.15) is 4.98 Å². The second-order valence-electron chi connectivity index (χ2n) is 4.32. The van der Waals surface area contributed by atoms with E-state index in [1.807, 2.05) is 0 Å². The Labute approximate surface area is 126 Å². The molecule has 1 aromatic heterocycles. The first-order valence-electron chi connectivity index (χ1n) is 6.32. The number of methoxy groups -OCH3 is 2. The van der Waals surface area contributed by atoms with Gasteiger partial charge in [-0.1, -0.05) is 6.07 Å². The lowest BCUT2D eigenvalue weighted by atomic mass is 10.2. The first-order valence-corrected chi connectivity index (χ1v) is 6.32. The van der Waals surface area contributed by atoms with Crippen LogP contribution in [-0.4, -0.2) is 30.2 Å². The van der Waals surface area contributed by atoms with Crippen LogP contribution in [0.1, 0.15) is 5.56 Å². The summed E-state index contributed by atoms with van der Waals surface area (Å²) in [6, 6.07) is 3.94. The van der Waals surface area contributed by atoms with Gasteiger partial charge >= 0.3 is 12.0 Å². The number of nitrogens with zero attached hydrogens (tertiary/aromatic N) is 2. The number of nitrogens with one attached hydrogen (secondary N) is 2. The van der Waals surface area contributed by atoms with E-state index in [0.717, 1.165) is 0 Å². The maximum Gasteiger partial charge on any atom is 0.323 e. The van der Waals surface area contributed by atoms with Crippen LogP contribution in [0.25, 0.3) is 0 Å². The number of hydrogen-bond acceptors (Lipinski definition) is 5. The molecule has 2 amide bonds. The van der Waals surface area contributed by atoms with Gasteiger partial charge in [-0.25, -0.2) is 14.2 Å². The molecule has 0 aliphatic carbocycles. The molecule has 22 heavy (non-hydrogen) atoms. The van der Waals surface area contributed by atoms with Crippen molar-refractivity contribution in [1.82, 2.24) is 9.97 Å². The minimum atomic E-state index is -0.574. The molecule has 0 fully saturated rings. The van der Waals surface area contributed by atoms with Crippen molar-refractivity contribution < 1.29 is 18.7 Å². The standard InChI is InChI=1S/C14H15FN4O3/c1-8-4-5-9(6-10(8)15)17-13(20)18-11-7-16-14(22-3)19-12(11)21-2/h4-7H,1-3H3,(H2,17,18,20). The second kappa shape index (κ2) is 6.70. The first kappa shape index (κ1) is 15.5. The molecule has 116 valence electrons. The molecule has 0 spiro atoms. The molecule has 8 heteroatoms. The van der Waals surface area contributed by atoms with E-state index in [4.69, 9.17) is 9.47 Å². The van der Waals surface area contributed by atoms with Gasteiger partial charge in [-0.3, -0.25) is 0 Å². The van der Waals surface area contributed by atoms with Crippen LogP contribution in [-0.2, 0) is 0 Å². The highest BCUT2D eigenvalue weighted by molar-refractivity contribution is 6.00. The van der Waals surface area contributed by atoms with Crippen molar-refractivity contribution in [2.24, 2.45) is 0 Å². The number of ether oxygens (including phenoxy) is 2. The number of urea groups is 1. The minimum Gasteiger partial charge on any atom is -0.479 e. The lowest BCUT2D eigenvalue weighted by molar-refractivity contribution is 0.262. The summed E-state index contributed by atoms with van der Waals surface area (Å²) in [7, 11) is 2.82. The Kier molecular flexibility index (Phi) is 4.72. The zero-order chi connectivity index (χ0) is 16.1. The van der Waals surface area contributed by atoms with Crippen molar-refractivity contribution in [2.45, 2.75) is 6.92 Å². The van der Waals surface area contributed by atoms with Gasteiger partial charge in [0.2, 0.25) is 5.88 Å². The van der Waals surface area contributed by atoms with E-state index in [1.54, 1.807) is 19.1 Å². The van der Waals surface area contributed by atoms with Gasteiger partial charge in [-0.15, -0.1) is 0 Å². The highest BCUT2D eigenvalue weighted by atomic mass is 19.1. The van der Waals surface area contributed by atoms with Gasteiger partial charge in [0.15, 0.2) is 0 Å². The number of carbonyl (C=O) groups is 1. The van der Waals surface area contributed by atoms with Crippen molar-refractivity contribution in [3.8, 4) is 11.9 Å². The van der Waals surface area contributed by atoms with Crippen molar-refractivity contribution in [2.75, 3.05) is 24.9 Å². The summed E-state index contributed by atoms with van der Waals surface area (Å²) >= 11 is 0. The molecule has 0 unspecified atom stereocenters. The number of benzene rings is 1. The Balaban J connectivity index is 2.10. The lowest BCUT2D eigenvalue weighted by Crippen LogP contribution is -2.20. The number of anilines is 2. The second-order valence-corrected chi connectivity index (χ2v) is 4.32. The smallest absolute Gasteiger partial charge is 0.323 e. The molecule has 7 nitrogen and oxygen atoms in total. The van der Waals surface area contributed by atoms with Gasteiger partial charge in [0.1, 0.15) is 11.5 Å². The fraction of sp³-hybridized carbons (Fsp3) is 0.214. The molecular weight excluding hydrogens is 291 g/mol. The van der Waals surface area contributed by atoms with Crippen LogP contribution in [0, 0.1) is 12.7 Å². The van der Waals surface area contributed by atoms with Crippen LogP contribution >= 0.6 is 0 Å². The zero-order valence-electron chi connectivity index (χ0n) is 12.3. The summed E-state index contributed by atoms with van der Waals surface area (Å²) in [5.41, 5.74) is 1.08. The molecule has 0 saturated carbocycles. The number of rotatable bonds is 4. The molecule has 0 aliphatic heterocycles. The summed E-state index contributed by atoms with van der Waals surface area (Å²) < 4.78 is 23.3. The van der Waals surface area contributed by atoms with Crippen molar-refractivity contribution in [1.29, 1.82) is 0 Å². The Morgan fingerprint density at radius 2 is 2.00 bits per heavy atom. The average molecular weight is 306 g/mol. The number of carbonyl (C=O) groups excluding carboxylic acids is 1. The molecule has 0 aliphatic rings. The van der Waals surface area contributed by atoms with Crippen LogP contribution in [0.4, 0.5) is 20.6 Å². The predicted octanol–water partition coefficient (Wildman–Crippen LogP) is 2.59. The summed E-state index contributed by atoms with van der Waals surface area (Å²) in [5.74, 6) is -0.250. The average Bonchev–Trinajstić information content (AvgIpc) is 2.51. The quantitative estimate of drug-likeness (QED) is 0.907. The maximum absolute atomic E-state index is 13.4. The normalized spacial score (nSPS) is 10.0. The minimum absolute atomic E-state index is 0.114. The molecule has 1 heterocycles. The van der Waals surface area contributed by atoms with E-state index in [0.29, 0.717) is 11.3 Å². The van der Waals surface area contributed by atoms with E-state index >= 15 is 0 Å². The first-order chi connectivity index (χ1) is 10.5. The summed E-state index contributed by atoms with van der Waals surface area (Å²) in [4.78, 5) is 19.7. The van der Waals surface area contributed by atoms with Gasteiger partial charge in [0.05, 0.1) is 20.4 Å². The Bertz CT molecular complexity index is 694. The van der Waals surface area contributed by atoms with Crippen LogP contribution < -0.4 is 20.1 Å². The van der Waals surface area contributed by atoms with Crippen LogP contribution in [0.15, 0.2) is 24.4 Å². The number of halogens is 1. The van der Waals surface area contributed by atoms with Crippen LogP contribution in [0.5, 0.6) is 11.9 Å². The number of aryl methyl sites for hydroxylation is 1. The SMILES string of the molecule is COc1ncc(NC(=O)Nc2ccc(C)c(F)c2)c(OC)n1. The molecule has 2 aromatic rings. The molecule has 0 saturated heterocycles. The fourth-order valence-electron chi connectivity index (χ4n) is 1.65. The monoisotopic (exact) mass is 306 g/mol. The van der Waals surface area contributed by atoms with Gasteiger partial charge in [0, 0.05) is 5.69 Å². The van der Waals surface area contributed by atoms with Crippen LogP contribution in [0.2, 0.25) is 0 Å². The summed E-state index contributed by atoms with van der Waals surface area (Å²) in [6.07, 6.45) is 1.35. The van der Waals surface area contributed by atoms with Crippen molar-refractivity contribution in [3.63, 3.8) is 0 Å². The van der Waals surface area contributed by atoms with Gasteiger partial charge in [0.25, 0.3) is 0 Å². The predicted molar refractivity (Wildman–Crippen MR) is 78.9 cm³/mol. The third-order valence-corrected chi connectivity index (χ3v) is 2.79. The molecular formula is C14H15FN4O3. The van der Waals surface area contributed by atoms with E-state index in [-0.39, 0.29) is 17.6 Å². The third kappa shape index (κ3) is 3.60. The van der Waals surface area contributed by atoms with Crippen LogP contribution in [0.3, 0.4) is 0 Å². The molecule has 2 rings (SSSR count). The van der Waals surface area contributed by atoms with Crippen molar-refractivity contribution in [3.05, 3.63) is 35.8 Å². The maximum atomic E-state index is 13.4.